The Hall–Kier alpha value is -0.693. The smallest absolute Gasteiger partial charge is 0.303 e. The van der Waals surface area contributed by atoms with Crippen molar-refractivity contribution in [1.82, 2.24) is 0 Å². The van der Waals surface area contributed by atoms with Gasteiger partial charge in [-0.1, -0.05) is 32.9 Å². The van der Waals surface area contributed by atoms with Gasteiger partial charge in [-0.15, -0.1) is 0 Å². The molecular weight excluding hydrogens is 324 g/mol. The summed E-state index contributed by atoms with van der Waals surface area (Å²) < 4.78 is 24.3. The van der Waals surface area contributed by atoms with E-state index in [9.17, 15) is 4.79 Å². The third kappa shape index (κ3) is 4.28. The second-order valence-corrected chi connectivity index (χ2v) is 13.5. The van der Waals surface area contributed by atoms with Crippen LogP contribution in [0.3, 0.4) is 0 Å². The third-order valence-corrected chi connectivity index (χ3v) is 9.58. The van der Waals surface area contributed by atoms with Gasteiger partial charge in [-0.2, -0.15) is 0 Å². The van der Waals surface area contributed by atoms with E-state index in [0.717, 1.165) is 0 Å². The molecule has 5 nitrogen and oxygen atoms in total. The first kappa shape index (κ1) is 19.6. The molecule has 0 aromatic carbocycles. The van der Waals surface area contributed by atoms with Crippen molar-refractivity contribution in [3.63, 3.8) is 0 Å². The predicted octanol–water partition coefficient (Wildman–Crippen LogP) is 3.79. The fourth-order valence-corrected chi connectivity index (χ4v) is 4.15. The molecule has 0 amide bonds. The van der Waals surface area contributed by atoms with E-state index in [1.54, 1.807) is 0 Å². The number of fused-ring (bicyclic) bond motifs is 1. The minimum Gasteiger partial charge on any atom is -0.459 e. The quantitative estimate of drug-likeness (QED) is 0.437. The van der Waals surface area contributed by atoms with Crippen LogP contribution in [-0.2, 0) is 23.4 Å². The lowest BCUT2D eigenvalue weighted by molar-refractivity contribution is -0.170. The Labute approximate surface area is 146 Å². The molecule has 1 aliphatic heterocycles. The summed E-state index contributed by atoms with van der Waals surface area (Å²) in [6.45, 7) is 16.3. The van der Waals surface area contributed by atoms with Crippen LogP contribution < -0.4 is 0 Å². The van der Waals surface area contributed by atoms with Crippen molar-refractivity contribution in [3.05, 3.63) is 12.2 Å². The molecule has 138 valence electrons. The summed E-state index contributed by atoms with van der Waals surface area (Å²) >= 11 is 0. The minimum atomic E-state index is -1.97. The Morgan fingerprint density at radius 1 is 1.21 bits per heavy atom. The van der Waals surface area contributed by atoms with Crippen LogP contribution in [0.5, 0.6) is 0 Å². The van der Waals surface area contributed by atoms with Gasteiger partial charge in [0.05, 0.1) is 6.10 Å². The second kappa shape index (κ2) is 6.55. The zero-order chi connectivity index (χ0) is 18.3. The number of esters is 1. The first-order chi connectivity index (χ1) is 10.8. The van der Waals surface area contributed by atoms with Crippen molar-refractivity contribution >= 4 is 14.3 Å². The lowest BCUT2D eigenvalue weighted by Crippen LogP contribution is -2.50. The Bertz CT molecular complexity index is 506. The molecule has 0 aromatic heterocycles. The van der Waals surface area contributed by atoms with Gasteiger partial charge in [-0.3, -0.25) is 4.79 Å². The number of ether oxygens (including phenoxy) is 3. The molecule has 1 aliphatic carbocycles. The standard InChI is InChI=1S/C18H32O5Si/c1-12(19)20-13-10-9-11-14(23-24(7,8)17(2,3)4)16-15(13)21-18(5,6)22-16/h9,11,13-16H,10H2,1-8H3/t13-,14-,15-,16+/m1/s1. The lowest BCUT2D eigenvalue weighted by atomic mass is 10.0. The Balaban J connectivity index is 2.26. The summed E-state index contributed by atoms with van der Waals surface area (Å²) in [6, 6.07) is 0. The summed E-state index contributed by atoms with van der Waals surface area (Å²) in [7, 11) is -1.97. The van der Waals surface area contributed by atoms with Crippen molar-refractivity contribution in [1.29, 1.82) is 0 Å². The zero-order valence-corrected chi connectivity index (χ0v) is 17.2. The summed E-state index contributed by atoms with van der Waals surface area (Å²) in [4.78, 5) is 11.4. The summed E-state index contributed by atoms with van der Waals surface area (Å²) in [6.07, 6.45) is 3.52. The first-order valence-electron chi connectivity index (χ1n) is 8.70. The molecule has 2 rings (SSSR count). The molecule has 0 radical (unpaired) electrons. The highest BCUT2D eigenvalue weighted by atomic mass is 28.4. The maximum atomic E-state index is 11.4. The molecule has 0 aromatic rings. The molecule has 1 heterocycles. The van der Waals surface area contributed by atoms with Gasteiger partial charge in [0.1, 0.15) is 18.3 Å². The molecule has 0 spiro atoms. The van der Waals surface area contributed by atoms with E-state index in [4.69, 9.17) is 18.6 Å². The molecule has 1 saturated heterocycles. The molecule has 4 atom stereocenters. The topological polar surface area (TPSA) is 54.0 Å². The molecule has 0 unspecified atom stereocenters. The van der Waals surface area contributed by atoms with Crippen LogP contribution in [0.1, 0.15) is 48.0 Å². The largest absolute Gasteiger partial charge is 0.459 e. The van der Waals surface area contributed by atoms with Gasteiger partial charge < -0.3 is 18.6 Å². The number of rotatable bonds is 3. The fourth-order valence-electron chi connectivity index (χ4n) is 2.90. The third-order valence-electron chi connectivity index (χ3n) is 5.10. The normalized spacial score (nSPS) is 33.0. The van der Waals surface area contributed by atoms with Crippen molar-refractivity contribution in [3.8, 4) is 0 Å². The maximum absolute atomic E-state index is 11.4. The van der Waals surface area contributed by atoms with Crippen LogP contribution in [0.2, 0.25) is 18.1 Å². The van der Waals surface area contributed by atoms with Crippen molar-refractivity contribution in [2.24, 2.45) is 0 Å². The average Bonchev–Trinajstić information content (AvgIpc) is 2.63. The van der Waals surface area contributed by atoms with Crippen LogP contribution in [0.4, 0.5) is 0 Å². The SMILES string of the molecule is CC(=O)O[C@@H]1CC=C[C@@H](O[Si](C)(C)C(C)(C)C)[C@@H]2OC(C)(C)O[C@@H]21. The highest BCUT2D eigenvalue weighted by Crippen LogP contribution is 2.41. The van der Waals surface area contributed by atoms with Gasteiger partial charge in [0, 0.05) is 13.3 Å². The number of hydrogen-bond donors (Lipinski definition) is 0. The van der Waals surface area contributed by atoms with Crippen molar-refractivity contribution in [2.45, 2.75) is 96.3 Å². The van der Waals surface area contributed by atoms with E-state index in [0.29, 0.717) is 6.42 Å². The minimum absolute atomic E-state index is 0.104. The summed E-state index contributed by atoms with van der Waals surface area (Å²) in [5.41, 5.74) is 0. The first-order valence-corrected chi connectivity index (χ1v) is 11.6. The van der Waals surface area contributed by atoms with E-state index in [1.165, 1.54) is 6.92 Å². The van der Waals surface area contributed by atoms with Crippen LogP contribution in [0.15, 0.2) is 12.2 Å². The highest BCUT2D eigenvalue weighted by molar-refractivity contribution is 6.74. The van der Waals surface area contributed by atoms with Crippen LogP contribution >= 0.6 is 0 Å². The van der Waals surface area contributed by atoms with Crippen LogP contribution in [0, 0.1) is 0 Å². The fraction of sp³-hybridized carbons (Fsp3) is 0.833. The van der Waals surface area contributed by atoms with E-state index >= 15 is 0 Å². The van der Waals surface area contributed by atoms with E-state index in [-0.39, 0.29) is 35.4 Å². The average molecular weight is 357 g/mol. The van der Waals surface area contributed by atoms with E-state index in [2.05, 4.69) is 33.9 Å². The zero-order valence-electron chi connectivity index (χ0n) is 16.2. The van der Waals surface area contributed by atoms with Gasteiger partial charge in [0.2, 0.25) is 0 Å². The second-order valence-electron chi connectivity index (χ2n) is 8.72. The van der Waals surface area contributed by atoms with Gasteiger partial charge in [0.25, 0.3) is 0 Å². The van der Waals surface area contributed by atoms with Crippen LogP contribution in [-0.4, -0.2) is 44.5 Å². The Kier molecular flexibility index (Phi) is 5.36. The van der Waals surface area contributed by atoms with Crippen molar-refractivity contribution in [2.75, 3.05) is 0 Å². The Morgan fingerprint density at radius 3 is 2.33 bits per heavy atom. The molecule has 0 bridgehead atoms. The van der Waals surface area contributed by atoms with Crippen molar-refractivity contribution < 1.29 is 23.4 Å². The number of carbonyl (C=O) groups excluding carboxylic acids is 1. The maximum Gasteiger partial charge on any atom is 0.303 e. The lowest BCUT2D eigenvalue weighted by Gasteiger charge is -2.40. The predicted molar refractivity (Wildman–Crippen MR) is 95.2 cm³/mol. The summed E-state index contributed by atoms with van der Waals surface area (Å²) in [5, 5.41) is 0.104. The van der Waals surface area contributed by atoms with Gasteiger partial charge in [0.15, 0.2) is 14.1 Å². The van der Waals surface area contributed by atoms with E-state index in [1.807, 2.05) is 26.0 Å². The summed E-state index contributed by atoms with van der Waals surface area (Å²) in [5.74, 6) is -1.02. The number of hydrogen-bond acceptors (Lipinski definition) is 5. The monoisotopic (exact) mass is 356 g/mol. The van der Waals surface area contributed by atoms with Gasteiger partial charge in [-0.05, 0) is 32.0 Å². The number of carbonyl (C=O) groups is 1. The molecular formula is C18H32O5Si. The molecule has 0 N–H and O–H groups in total. The van der Waals surface area contributed by atoms with Gasteiger partial charge in [-0.25, -0.2) is 0 Å². The van der Waals surface area contributed by atoms with Gasteiger partial charge >= 0.3 is 5.97 Å². The highest BCUT2D eigenvalue weighted by Gasteiger charge is 2.52. The van der Waals surface area contributed by atoms with E-state index < -0.39 is 14.1 Å². The molecule has 24 heavy (non-hydrogen) atoms. The Morgan fingerprint density at radius 2 is 1.79 bits per heavy atom. The molecule has 6 heteroatoms. The molecule has 0 saturated carbocycles. The molecule has 2 aliphatic rings. The van der Waals surface area contributed by atoms with Crippen LogP contribution in [0.25, 0.3) is 0 Å². The molecule has 1 fully saturated rings.